The number of aromatic nitrogens is 2. The molecule has 0 radical (unpaired) electrons. The summed E-state index contributed by atoms with van der Waals surface area (Å²) in [5, 5.41) is 6.60. The average Bonchev–Trinajstić information content (AvgIpc) is 3.56. The Labute approximate surface area is 225 Å². The molecule has 1 atom stereocenters. The van der Waals surface area contributed by atoms with Crippen LogP contribution in [0.25, 0.3) is 11.3 Å². The molecule has 200 valence electrons. The molecule has 3 amide bonds. The number of hydrogen-bond donors (Lipinski definition) is 1. The third-order valence-electron chi connectivity index (χ3n) is 6.41. The van der Waals surface area contributed by atoms with Gasteiger partial charge in [0.2, 0.25) is 5.22 Å². The van der Waals surface area contributed by atoms with Gasteiger partial charge in [0.25, 0.3) is 17.7 Å². The molecule has 0 saturated carbocycles. The number of nitrogens with zero attached hydrogens (tertiary/aromatic N) is 3. The predicted octanol–water partition coefficient (Wildman–Crippen LogP) is 4.99. The first-order chi connectivity index (χ1) is 18.5. The Hall–Kier alpha value is -4.38. The van der Waals surface area contributed by atoms with Crippen LogP contribution in [0.4, 0.5) is 13.2 Å². The normalized spacial score (nSPS) is 14.0. The lowest BCUT2D eigenvalue weighted by atomic mass is 9.99. The highest BCUT2D eigenvalue weighted by molar-refractivity contribution is 6.31. The zero-order valence-corrected chi connectivity index (χ0v) is 21.1. The summed E-state index contributed by atoms with van der Waals surface area (Å²) in [4.78, 5) is 40.0. The van der Waals surface area contributed by atoms with Gasteiger partial charge in [0.05, 0.1) is 34.0 Å². The highest BCUT2D eigenvalue weighted by Crippen LogP contribution is 2.33. The number of nitrogens with one attached hydrogen (secondary N) is 1. The van der Waals surface area contributed by atoms with Crippen molar-refractivity contribution in [2.75, 3.05) is 6.54 Å². The number of imide groups is 1. The summed E-state index contributed by atoms with van der Waals surface area (Å²) in [6, 6.07) is 13.1. The smallest absolute Gasteiger partial charge is 0.416 e. The molecule has 1 aliphatic heterocycles. The molecule has 2 aromatic carbocycles. The second kappa shape index (κ2) is 10.1. The Kier molecular flexibility index (Phi) is 6.77. The largest absolute Gasteiger partial charge is 0.439 e. The van der Waals surface area contributed by atoms with E-state index in [1.165, 1.54) is 47.3 Å². The lowest BCUT2D eigenvalue weighted by molar-refractivity contribution is -0.138. The van der Waals surface area contributed by atoms with Crippen LogP contribution in [0.3, 0.4) is 0 Å². The monoisotopic (exact) mass is 556 g/mol. The van der Waals surface area contributed by atoms with Crippen molar-refractivity contribution in [1.29, 1.82) is 0 Å². The third-order valence-corrected chi connectivity index (χ3v) is 6.69. The van der Waals surface area contributed by atoms with Gasteiger partial charge in [0.15, 0.2) is 5.76 Å². The van der Waals surface area contributed by atoms with Gasteiger partial charge in [0, 0.05) is 25.9 Å². The van der Waals surface area contributed by atoms with Gasteiger partial charge in [-0.15, -0.1) is 0 Å². The summed E-state index contributed by atoms with van der Waals surface area (Å²) in [6.45, 7) is -0.368. The molecule has 0 aliphatic carbocycles. The molecule has 1 aliphatic rings. The van der Waals surface area contributed by atoms with Crippen molar-refractivity contribution < 1.29 is 32.0 Å². The maximum Gasteiger partial charge on any atom is 0.416 e. The highest BCUT2D eigenvalue weighted by Gasteiger charge is 2.38. The summed E-state index contributed by atoms with van der Waals surface area (Å²) in [7, 11) is 1.68. The molecule has 0 spiro atoms. The van der Waals surface area contributed by atoms with Crippen LogP contribution in [-0.2, 0) is 19.6 Å². The Morgan fingerprint density at radius 3 is 2.28 bits per heavy atom. The van der Waals surface area contributed by atoms with Crippen LogP contribution in [0.5, 0.6) is 0 Å². The molecule has 0 fully saturated rings. The second-order valence-corrected chi connectivity index (χ2v) is 9.28. The van der Waals surface area contributed by atoms with Crippen LogP contribution >= 0.6 is 11.6 Å². The van der Waals surface area contributed by atoms with Crippen molar-refractivity contribution in [1.82, 2.24) is 20.0 Å². The van der Waals surface area contributed by atoms with Crippen LogP contribution in [0.15, 0.2) is 71.3 Å². The van der Waals surface area contributed by atoms with Crippen LogP contribution in [0, 0.1) is 0 Å². The van der Waals surface area contributed by atoms with Gasteiger partial charge < -0.3 is 9.73 Å². The number of alkyl halides is 3. The third kappa shape index (κ3) is 5.05. The molecule has 0 unspecified atom stereocenters. The first-order valence-electron chi connectivity index (χ1n) is 11.7. The first kappa shape index (κ1) is 26.2. The van der Waals surface area contributed by atoms with Gasteiger partial charge in [0.1, 0.15) is 0 Å². The van der Waals surface area contributed by atoms with Gasteiger partial charge in [-0.1, -0.05) is 30.3 Å². The minimum Gasteiger partial charge on any atom is -0.439 e. The number of rotatable bonds is 7. The fourth-order valence-corrected chi connectivity index (χ4v) is 4.81. The number of benzene rings is 2. The first-order valence-corrected chi connectivity index (χ1v) is 12.1. The molecule has 8 nitrogen and oxygen atoms in total. The minimum atomic E-state index is -4.65. The number of furan rings is 1. The molecule has 1 N–H and O–H groups in total. The summed E-state index contributed by atoms with van der Waals surface area (Å²) < 4.78 is 48.1. The Balaban J connectivity index is 1.45. The van der Waals surface area contributed by atoms with Crippen molar-refractivity contribution in [2.24, 2.45) is 7.05 Å². The van der Waals surface area contributed by atoms with Crippen molar-refractivity contribution in [3.05, 3.63) is 100 Å². The van der Waals surface area contributed by atoms with E-state index in [1.54, 1.807) is 25.2 Å². The highest BCUT2D eigenvalue weighted by atomic mass is 35.5. The number of amides is 3. The molecule has 3 heterocycles. The zero-order valence-electron chi connectivity index (χ0n) is 20.3. The van der Waals surface area contributed by atoms with E-state index in [0.29, 0.717) is 11.3 Å². The fourth-order valence-electron chi connectivity index (χ4n) is 4.58. The lowest BCUT2D eigenvalue weighted by Gasteiger charge is -2.25. The van der Waals surface area contributed by atoms with Gasteiger partial charge >= 0.3 is 6.18 Å². The topological polar surface area (TPSA) is 97.4 Å². The number of halogens is 4. The van der Waals surface area contributed by atoms with Crippen LogP contribution in [0.2, 0.25) is 5.22 Å². The summed E-state index contributed by atoms with van der Waals surface area (Å²) in [5.74, 6) is -2.18. The van der Waals surface area contributed by atoms with Crippen molar-refractivity contribution in [3.8, 4) is 11.3 Å². The summed E-state index contributed by atoms with van der Waals surface area (Å²) in [5.41, 5.74) is 0.334. The summed E-state index contributed by atoms with van der Waals surface area (Å²) >= 11 is 6.21. The van der Waals surface area contributed by atoms with E-state index >= 15 is 0 Å². The summed E-state index contributed by atoms with van der Waals surface area (Å²) in [6.07, 6.45) is -3.43. The van der Waals surface area contributed by atoms with Gasteiger partial charge in [-0.25, -0.2) is 0 Å². The lowest BCUT2D eigenvalue weighted by Crippen LogP contribution is -2.47. The maximum absolute atomic E-state index is 13.7. The molecular formula is C27H20ClF3N4O4. The Bertz CT molecular complexity index is 1560. The molecule has 5 rings (SSSR count). The average molecular weight is 557 g/mol. The van der Waals surface area contributed by atoms with Gasteiger partial charge in [-0.05, 0) is 47.9 Å². The maximum atomic E-state index is 13.7. The van der Waals surface area contributed by atoms with Gasteiger partial charge in [-0.2, -0.15) is 18.3 Å². The molecular weight excluding hydrogens is 537 g/mol. The molecule has 0 saturated heterocycles. The molecule has 39 heavy (non-hydrogen) atoms. The Morgan fingerprint density at radius 2 is 1.67 bits per heavy atom. The van der Waals surface area contributed by atoms with Crippen molar-refractivity contribution in [3.63, 3.8) is 0 Å². The van der Waals surface area contributed by atoms with E-state index in [-0.39, 0.29) is 40.6 Å². The van der Waals surface area contributed by atoms with Crippen molar-refractivity contribution >= 4 is 29.3 Å². The molecule has 2 aromatic heterocycles. The fraction of sp³-hybridized carbons (Fsp3) is 0.185. The quantitative estimate of drug-likeness (QED) is 0.324. The van der Waals surface area contributed by atoms with Crippen LogP contribution in [-0.4, -0.2) is 45.0 Å². The molecule has 4 aromatic rings. The van der Waals surface area contributed by atoms with E-state index in [0.717, 1.165) is 11.0 Å². The number of aryl methyl sites for hydroxylation is 1. The van der Waals surface area contributed by atoms with E-state index in [2.05, 4.69) is 10.4 Å². The zero-order chi connectivity index (χ0) is 27.9. The predicted molar refractivity (Wildman–Crippen MR) is 134 cm³/mol. The van der Waals surface area contributed by atoms with E-state index in [4.69, 9.17) is 16.0 Å². The Morgan fingerprint density at radius 1 is 1.03 bits per heavy atom. The number of fused-ring (bicyclic) bond motifs is 1. The second-order valence-electron chi connectivity index (χ2n) is 8.93. The number of carbonyl (C=O) groups is 3. The van der Waals surface area contributed by atoms with E-state index in [1.807, 2.05) is 0 Å². The van der Waals surface area contributed by atoms with Crippen molar-refractivity contribution in [2.45, 2.75) is 18.6 Å². The van der Waals surface area contributed by atoms with Gasteiger partial charge in [-0.3, -0.25) is 24.0 Å². The van der Waals surface area contributed by atoms with Crippen LogP contribution < -0.4 is 5.32 Å². The standard InChI is InChI=1S/C27H20ClF3N4O4/c1-34-21(10-11-32-34)19-13-22(39-23(19)28)24(36)33-16(12-15-6-2-5-9-20(15)27(29,30)31)14-35-25(37)17-7-3-4-8-18(17)26(35)38/h2-11,13,16H,12,14H2,1H3,(H,33,36)/t16-/m0/s1. The van der Waals surface area contributed by atoms with Crippen LogP contribution in [0.1, 0.15) is 42.4 Å². The molecule has 0 bridgehead atoms. The molecule has 12 heteroatoms. The number of carbonyl (C=O) groups excluding carboxylic acids is 3. The number of hydrogen-bond acceptors (Lipinski definition) is 5. The SMILES string of the molecule is Cn1nccc1-c1cc(C(=O)N[C@@H](Cc2ccccc2C(F)(F)F)CN2C(=O)c3ccccc3C2=O)oc1Cl. The van der Waals surface area contributed by atoms with E-state index in [9.17, 15) is 27.6 Å². The van der Waals surface area contributed by atoms with E-state index < -0.39 is 35.5 Å². The minimum absolute atomic E-state index is 0.0805.